The molecule has 2 nitrogen and oxygen atoms in total. The van der Waals surface area contributed by atoms with Crippen LogP contribution in [0.2, 0.25) is 0 Å². The van der Waals surface area contributed by atoms with Crippen molar-refractivity contribution in [3.05, 3.63) is 6.42 Å². The Kier molecular flexibility index (Phi) is 3.40. The van der Waals surface area contributed by atoms with Crippen LogP contribution >= 0.6 is 0 Å². The van der Waals surface area contributed by atoms with E-state index in [4.69, 9.17) is 5.11 Å². The highest BCUT2D eigenvalue weighted by Crippen LogP contribution is 2.21. The van der Waals surface area contributed by atoms with E-state index in [0.29, 0.717) is 0 Å². The van der Waals surface area contributed by atoms with Crippen LogP contribution in [0.5, 0.6) is 0 Å². The molecule has 0 bridgehead atoms. The molecule has 0 unspecified atom stereocenters. The monoisotopic (exact) mass is 155 g/mol. The predicted octanol–water partition coefficient (Wildman–Crippen LogP) is 2.25. The van der Waals surface area contributed by atoms with Crippen LogP contribution in [0.3, 0.4) is 0 Å². The van der Waals surface area contributed by atoms with E-state index in [1.54, 1.807) is 0 Å². The third-order valence-electron chi connectivity index (χ3n) is 2.27. The second kappa shape index (κ2) is 4.37. The topological polar surface area (TPSA) is 37.3 Å². The molecule has 0 aromatic heterocycles. The van der Waals surface area contributed by atoms with Crippen LogP contribution in [-0.4, -0.2) is 11.1 Å². The highest BCUT2D eigenvalue weighted by atomic mass is 16.4. The first-order valence-corrected chi connectivity index (χ1v) is 4.35. The van der Waals surface area contributed by atoms with Crippen LogP contribution < -0.4 is 0 Å². The molecule has 0 aromatic rings. The van der Waals surface area contributed by atoms with Crippen LogP contribution in [0.1, 0.15) is 38.5 Å². The maximum absolute atomic E-state index is 10.6. The number of carboxylic acids is 1. The number of hydrogen-bond donors (Lipinski definition) is 1. The Bertz CT molecular complexity index is 124. The zero-order chi connectivity index (χ0) is 8.10. The Morgan fingerprint density at radius 3 is 2.27 bits per heavy atom. The lowest BCUT2D eigenvalue weighted by Crippen LogP contribution is -2.14. The van der Waals surface area contributed by atoms with Crippen LogP contribution in [-0.2, 0) is 4.79 Å². The third-order valence-corrected chi connectivity index (χ3v) is 2.27. The van der Waals surface area contributed by atoms with Crippen molar-refractivity contribution >= 4 is 5.97 Å². The van der Waals surface area contributed by atoms with Crippen molar-refractivity contribution in [2.24, 2.45) is 5.92 Å². The van der Waals surface area contributed by atoms with Gasteiger partial charge in [0.1, 0.15) is 0 Å². The fourth-order valence-corrected chi connectivity index (χ4v) is 1.55. The van der Waals surface area contributed by atoms with Crippen molar-refractivity contribution < 1.29 is 9.90 Å². The Balaban J connectivity index is 2.32. The second-order valence-electron chi connectivity index (χ2n) is 3.19. The minimum absolute atomic E-state index is 0.0660. The first-order valence-electron chi connectivity index (χ1n) is 4.35. The molecular formula is C9H15O2. The molecule has 0 amide bonds. The summed E-state index contributed by atoms with van der Waals surface area (Å²) in [4.78, 5) is 10.6. The van der Waals surface area contributed by atoms with E-state index in [2.05, 4.69) is 6.42 Å². The molecule has 0 atom stereocenters. The minimum atomic E-state index is -0.605. The smallest absolute Gasteiger partial charge is 0.306 e. The molecule has 0 aromatic carbocycles. The summed E-state index contributed by atoms with van der Waals surface area (Å²) >= 11 is 0. The van der Waals surface area contributed by atoms with E-state index in [1.165, 1.54) is 0 Å². The van der Waals surface area contributed by atoms with Crippen molar-refractivity contribution in [3.8, 4) is 0 Å². The molecule has 1 rings (SSSR count). The van der Waals surface area contributed by atoms with Gasteiger partial charge in [-0.1, -0.05) is 25.7 Å². The van der Waals surface area contributed by atoms with Gasteiger partial charge in [0, 0.05) is 0 Å². The lowest BCUT2D eigenvalue weighted by atomic mass is 9.91. The summed E-state index contributed by atoms with van der Waals surface area (Å²) in [5, 5.41) is 8.74. The Hall–Kier alpha value is -0.530. The fourth-order valence-electron chi connectivity index (χ4n) is 1.55. The zero-order valence-corrected chi connectivity index (χ0v) is 6.75. The molecular weight excluding hydrogens is 140 g/mol. The molecule has 1 N–H and O–H groups in total. The third kappa shape index (κ3) is 2.91. The van der Waals surface area contributed by atoms with E-state index in [-0.39, 0.29) is 5.92 Å². The van der Waals surface area contributed by atoms with Gasteiger partial charge in [-0.3, -0.25) is 4.79 Å². The van der Waals surface area contributed by atoms with Crippen molar-refractivity contribution in [1.82, 2.24) is 0 Å². The standard InChI is InChI=1S/C9H15O2/c10-9(11)8-6-4-2-1-3-5-7-8/h1,8H,2-7H2,(H,10,11). The van der Waals surface area contributed by atoms with Crippen LogP contribution in [0, 0.1) is 12.3 Å². The minimum Gasteiger partial charge on any atom is -0.481 e. The number of hydrogen-bond acceptors (Lipinski definition) is 1. The molecule has 63 valence electrons. The van der Waals surface area contributed by atoms with Crippen molar-refractivity contribution in [1.29, 1.82) is 0 Å². The van der Waals surface area contributed by atoms with Gasteiger partial charge in [0.15, 0.2) is 0 Å². The summed E-state index contributed by atoms with van der Waals surface area (Å²) in [5.41, 5.74) is 0. The van der Waals surface area contributed by atoms with E-state index in [1.807, 2.05) is 0 Å². The predicted molar refractivity (Wildman–Crippen MR) is 43.1 cm³/mol. The normalized spacial score (nSPS) is 22.2. The first-order chi connectivity index (χ1) is 5.30. The van der Waals surface area contributed by atoms with E-state index in [0.717, 1.165) is 38.5 Å². The van der Waals surface area contributed by atoms with E-state index >= 15 is 0 Å². The Labute approximate surface area is 67.6 Å². The lowest BCUT2D eigenvalue weighted by molar-refractivity contribution is -0.142. The van der Waals surface area contributed by atoms with Crippen LogP contribution in [0.15, 0.2) is 0 Å². The average molecular weight is 155 g/mol. The highest BCUT2D eigenvalue weighted by Gasteiger charge is 2.17. The van der Waals surface area contributed by atoms with Crippen LogP contribution in [0.4, 0.5) is 0 Å². The largest absolute Gasteiger partial charge is 0.481 e. The molecule has 1 fully saturated rings. The molecule has 2 heteroatoms. The molecule has 0 spiro atoms. The molecule has 11 heavy (non-hydrogen) atoms. The van der Waals surface area contributed by atoms with Gasteiger partial charge < -0.3 is 5.11 Å². The first kappa shape index (κ1) is 8.57. The fraction of sp³-hybridized carbons (Fsp3) is 0.778. The van der Waals surface area contributed by atoms with Gasteiger partial charge in [0.05, 0.1) is 5.92 Å². The maximum Gasteiger partial charge on any atom is 0.306 e. The summed E-state index contributed by atoms with van der Waals surface area (Å²) < 4.78 is 0. The van der Waals surface area contributed by atoms with Gasteiger partial charge in [0.25, 0.3) is 0 Å². The Morgan fingerprint density at radius 1 is 1.27 bits per heavy atom. The van der Waals surface area contributed by atoms with E-state index in [9.17, 15) is 4.79 Å². The molecule has 0 aliphatic heterocycles. The van der Waals surface area contributed by atoms with Crippen molar-refractivity contribution in [2.75, 3.05) is 0 Å². The van der Waals surface area contributed by atoms with Crippen molar-refractivity contribution in [3.63, 3.8) is 0 Å². The molecule has 1 aliphatic carbocycles. The maximum atomic E-state index is 10.6. The molecule has 0 heterocycles. The second-order valence-corrected chi connectivity index (χ2v) is 3.19. The lowest BCUT2D eigenvalue weighted by Gasteiger charge is -2.14. The summed E-state index contributed by atoms with van der Waals surface area (Å²) in [6.45, 7) is 0. The van der Waals surface area contributed by atoms with Crippen molar-refractivity contribution in [2.45, 2.75) is 38.5 Å². The summed E-state index contributed by atoms with van der Waals surface area (Å²) in [5.74, 6) is -0.671. The summed E-state index contributed by atoms with van der Waals surface area (Å²) in [6.07, 6.45) is 8.32. The van der Waals surface area contributed by atoms with Gasteiger partial charge in [-0.2, -0.15) is 0 Å². The molecule has 1 aliphatic rings. The molecule has 1 saturated carbocycles. The van der Waals surface area contributed by atoms with Gasteiger partial charge >= 0.3 is 5.97 Å². The van der Waals surface area contributed by atoms with Gasteiger partial charge in [-0.05, 0) is 19.3 Å². The van der Waals surface area contributed by atoms with Gasteiger partial charge in [0.2, 0.25) is 0 Å². The van der Waals surface area contributed by atoms with Gasteiger partial charge in [-0.25, -0.2) is 0 Å². The number of carboxylic acid groups (broad SMARTS) is 1. The number of carbonyl (C=O) groups is 1. The highest BCUT2D eigenvalue weighted by molar-refractivity contribution is 5.69. The average Bonchev–Trinajstić information content (AvgIpc) is 1.84. The van der Waals surface area contributed by atoms with E-state index < -0.39 is 5.97 Å². The number of aliphatic carboxylic acids is 1. The van der Waals surface area contributed by atoms with Crippen LogP contribution in [0.25, 0.3) is 0 Å². The summed E-state index contributed by atoms with van der Waals surface area (Å²) in [7, 11) is 0. The quantitative estimate of drug-likeness (QED) is 0.630. The number of rotatable bonds is 1. The molecule has 0 saturated heterocycles. The Morgan fingerprint density at radius 2 is 1.82 bits per heavy atom. The van der Waals surface area contributed by atoms with Gasteiger partial charge in [-0.15, -0.1) is 0 Å². The molecule has 1 radical (unpaired) electrons. The SMILES string of the molecule is O=C(O)C1CCC[CH]CCC1. The zero-order valence-electron chi connectivity index (χ0n) is 6.75. The summed E-state index contributed by atoms with van der Waals surface area (Å²) in [6, 6.07) is 0.